The van der Waals surface area contributed by atoms with E-state index in [0.717, 1.165) is 6.42 Å². The van der Waals surface area contributed by atoms with Crippen molar-refractivity contribution >= 4 is 19.7 Å². The quantitative estimate of drug-likeness (QED) is 0.506. The van der Waals surface area contributed by atoms with Crippen LogP contribution in [0.25, 0.3) is 0 Å². The third-order valence-electron chi connectivity index (χ3n) is 4.59. The molecule has 7 heteroatoms. The molecule has 5 nitrogen and oxygen atoms in total. The average Bonchev–Trinajstić information content (AvgIpc) is 2.77. The van der Waals surface area contributed by atoms with E-state index in [-0.39, 0.29) is 11.8 Å². The largest absolute Gasteiger partial charge is 0.349 e. The van der Waals surface area contributed by atoms with Gasteiger partial charge in [0.25, 0.3) is 5.56 Å². The van der Waals surface area contributed by atoms with Gasteiger partial charge in [0.05, 0.1) is 17.4 Å². The van der Waals surface area contributed by atoms with E-state index in [1.807, 2.05) is 6.92 Å². The summed E-state index contributed by atoms with van der Waals surface area (Å²) in [5.74, 6) is 3.62. The van der Waals surface area contributed by atoms with Crippen molar-refractivity contribution in [1.82, 2.24) is 9.55 Å². The Morgan fingerprint density at radius 2 is 2.08 bits per heavy atom. The fourth-order valence-electron chi connectivity index (χ4n) is 3.00. The first-order valence-corrected chi connectivity index (χ1v) is 12.2. The first-order valence-electron chi connectivity index (χ1n) is 8.21. The van der Waals surface area contributed by atoms with Crippen LogP contribution in [-0.4, -0.2) is 29.1 Å². The van der Waals surface area contributed by atoms with Crippen LogP contribution < -0.4 is 11.2 Å². The molecule has 2 heterocycles. The summed E-state index contributed by atoms with van der Waals surface area (Å²) in [7, 11) is -1.57. The van der Waals surface area contributed by atoms with Gasteiger partial charge in [-0.2, -0.15) is 0 Å². The number of halogens is 1. The molecule has 132 valence electrons. The second-order valence-electron chi connectivity index (χ2n) is 7.41. The molecule has 24 heavy (non-hydrogen) atoms. The minimum atomic E-state index is -1.57. The third-order valence-corrected chi connectivity index (χ3v) is 5.94. The number of aromatic nitrogens is 2. The van der Waals surface area contributed by atoms with Gasteiger partial charge in [0.1, 0.15) is 8.07 Å². The van der Waals surface area contributed by atoms with Crippen molar-refractivity contribution in [2.45, 2.75) is 51.7 Å². The topological polar surface area (TPSA) is 64.1 Å². The van der Waals surface area contributed by atoms with Gasteiger partial charge in [-0.05, 0) is 6.42 Å². The molecule has 2 rings (SSSR count). The molecular weight excluding hydrogens is 344 g/mol. The minimum absolute atomic E-state index is 0.0766. The summed E-state index contributed by atoms with van der Waals surface area (Å²) < 4.78 is 7.69. The lowest BCUT2D eigenvalue weighted by atomic mass is 9.81. The fourth-order valence-corrected chi connectivity index (χ4v) is 4.10. The van der Waals surface area contributed by atoms with E-state index in [1.165, 1.54) is 16.8 Å². The molecular formula is C17H25ClN2O3Si. The molecule has 0 radical (unpaired) electrons. The molecule has 4 atom stereocenters. The van der Waals surface area contributed by atoms with E-state index in [2.05, 4.69) is 43.0 Å². The zero-order chi connectivity index (χ0) is 18.1. The van der Waals surface area contributed by atoms with Crippen molar-refractivity contribution in [3.8, 4) is 11.5 Å². The molecule has 0 amide bonds. The maximum Gasteiger partial charge on any atom is 0.330 e. The summed E-state index contributed by atoms with van der Waals surface area (Å²) in [6.45, 7) is 10.6. The molecule has 0 unspecified atom stereocenters. The molecule has 1 aromatic heterocycles. The van der Waals surface area contributed by atoms with Gasteiger partial charge < -0.3 is 4.74 Å². The summed E-state index contributed by atoms with van der Waals surface area (Å²) in [4.78, 5) is 25.9. The molecule has 0 saturated carbocycles. The lowest BCUT2D eigenvalue weighted by Gasteiger charge is -2.29. The van der Waals surface area contributed by atoms with Crippen LogP contribution >= 0.6 is 11.6 Å². The monoisotopic (exact) mass is 368 g/mol. The Morgan fingerprint density at radius 3 is 2.58 bits per heavy atom. The number of ether oxygens (including phenoxy) is 1. The van der Waals surface area contributed by atoms with Crippen molar-refractivity contribution < 1.29 is 4.74 Å². The van der Waals surface area contributed by atoms with Crippen LogP contribution in [0.3, 0.4) is 0 Å². The van der Waals surface area contributed by atoms with Crippen molar-refractivity contribution in [3.05, 3.63) is 33.1 Å². The number of H-pyrrole nitrogens is 1. The van der Waals surface area contributed by atoms with E-state index < -0.39 is 31.2 Å². The third kappa shape index (κ3) is 3.69. The maximum absolute atomic E-state index is 12.2. The Morgan fingerprint density at radius 1 is 1.42 bits per heavy atom. The normalized spacial score (nSPS) is 30.0. The summed E-state index contributed by atoms with van der Waals surface area (Å²) in [5, 5.41) is 0. The van der Waals surface area contributed by atoms with E-state index in [1.54, 1.807) is 0 Å². The van der Waals surface area contributed by atoms with Gasteiger partial charge in [-0.1, -0.05) is 33.5 Å². The highest BCUT2D eigenvalue weighted by atomic mass is 35.5. The van der Waals surface area contributed by atoms with Gasteiger partial charge in [-0.25, -0.2) is 4.79 Å². The molecule has 1 aromatic rings. The second-order valence-corrected chi connectivity index (χ2v) is 12.4. The van der Waals surface area contributed by atoms with Gasteiger partial charge in [0, 0.05) is 18.2 Å². The maximum atomic E-state index is 12.2. The second kappa shape index (κ2) is 6.91. The molecule has 0 spiro atoms. The summed E-state index contributed by atoms with van der Waals surface area (Å²) in [6.07, 6.45) is 1.66. The molecule has 0 bridgehead atoms. The number of hydrogen-bond acceptors (Lipinski definition) is 3. The van der Waals surface area contributed by atoms with Gasteiger partial charge in [0.2, 0.25) is 0 Å². The predicted molar refractivity (Wildman–Crippen MR) is 99.0 cm³/mol. The minimum Gasteiger partial charge on any atom is -0.349 e. The molecule has 1 aliphatic heterocycles. The van der Waals surface area contributed by atoms with Crippen LogP contribution in [0.5, 0.6) is 0 Å². The van der Waals surface area contributed by atoms with Crippen LogP contribution in [0.15, 0.2) is 21.9 Å². The first kappa shape index (κ1) is 19.0. The van der Waals surface area contributed by atoms with E-state index in [0.29, 0.717) is 5.88 Å². The van der Waals surface area contributed by atoms with Gasteiger partial charge >= 0.3 is 5.69 Å². The average molecular weight is 369 g/mol. The van der Waals surface area contributed by atoms with Crippen LogP contribution in [-0.2, 0) is 4.74 Å². The Bertz CT molecular complexity index is 765. The molecule has 0 aromatic carbocycles. The van der Waals surface area contributed by atoms with Crippen molar-refractivity contribution in [2.24, 2.45) is 11.8 Å². The van der Waals surface area contributed by atoms with Crippen LogP contribution in [0.4, 0.5) is 0 Å². The number of hydrogen-bond donors (Lipinski definition) is 1. The Hall–Kier alpha value is -1.29. The van der Waals surface area contributed by atoms with Gasteiger partial charge in [-0.15, -0.1) is 23.1 Å². The molecule has 0 aliphatic carbocycles. The van der Waals surface area contributed by atoms with Gasteiger partial charge in [0.15, 0.2) is 6.23 Å². The van der Waals surface area contributed by atoms with E-state index >= 15 is 0 Å². The van der Waals surface area contributed by atoms with Gasteiger partial charge in [-0.3, -0.25) is 14.3 Å². The highest BCUT2D eigenvalue weighted by Gasteiger charge is 2.51. The zero-order valence-electron chi connectivity index (χ0n) is 14.9. The highest BCUT2D eigenvalue weighted by molar-refractivity contribution is 6.83. The van der Waals surface area contributed by atoms with Crippen molar-refractivity contribution in [1.29, 1.82) is 0 Å². The summed E-state index contributed by atoms with van der Waals surface area (Å²) >= 11 is 6.22. The predicted octanol–water partition coefficient (Wildman–Crippen LogP) is 2.59. The van der Waals surface area contributed by atoms with Crippen LogP contribution in [0, 0.1) is 23.3 Å². The summed E-state index contributed by atoms with van der Waals surface area (Å²) in [5.41, 5.74) is 1.95. The lowest BCUT2D eigenvalue weighted by Crippen LogP contribution is -2.37. The molecule has 1 aliphatic rings. The molecule has 1 saturated heterocycles. The Kier molecular flexibility index (Phi) is 5.48. The molecule has 1 N–H and O–H groups in total. The lowest BCUT2D eigenvalue weighted by molar-refractivity contribution is -0.0751. The fraction of sp³-hybridized carbons (Fsp3) is 0.647. The number of aromatic amines is 1. The SMILES string of the molecule is CC[C@@]1(CCl)O[C@@H](n2ccc(=O)[nH]c2=O)[C@@H](C#C[Si](C)(C)C)[C@@H]1C. The number of nitrogens with zero attached hydrogens (tertiary/aromatic N) is 1. The summed E-state index contributed by atoms with van der Waals surface area (Å²) in [6, 6.07) is 1.32. The smallest absolute Gasteiger partial charge is 0.330 e. The number of rotatable bonds is 3. The zero-order valence-corrected chi connectivity index (χ0v) is 16.6. The Balaban J connectivity index is 2.54. The van der Waals surface area contributed by atoms with Crippen molar-refractivity contribution in [2.75, 3.05) is 5.88 Å². The number of nitrogens with one attached hydrogen (secondary N) is 1. The highest BCUT2D eigenvalue weighted by Crippen LogP contribution is 2.47. The molecule has 1 fully saturated rings. The van der Waals surface area contributed by atoms with E-state index in [9.17, 15) is 9.59 Å². The van der Waals surface area contributed by atoms with Crippen molar-refractivity contribution in [3.63, 3.8) is 0 Å². The van der Waals surface area contributed by atoms with Crippen LogP contribution in [0.2, 0.25) is 19.6 Å². The first-order chi connectivity index (χ1) is 11.1. The standard InChI is InChI=1S/C17H25ClN2O3Si/c1-6-17(11-18)12(2)13(8-10-24(3,4)5)15(23-17)20-9-7-14(21)19-16(20)22/h7,9,12-13,15H,6,11H2,1-5H3,(H,19,21,22)/t12-,13-,15+,17-/m0/s1. The van der Waals surface area contributed by atoms with E-state index in [4.69, 9.17) is 16.3 Å². The Labute approximate surface area is 148 Å². The number of alkyl halides is 1. The van der Waals surface area contributed by atoms with Crippen LogP contribution in [0.1, 0.15) is 26.5 Å².